The second-order valence-corrected chi connectivity index (χ2v) is 9.24. The van der Waals surface area contributed by atoms with Gasteiger partial charge >= 0.3 is 5.69 Å². The van der Waals surface area contributed by atoms with Crippen LogP contribution in [-0.2, 0) is 17.9 Å². The Balaban J connectivity index is 1.49. The molecule has 8 nitrogen and oxygen atoms in total. The van der Waals surface area contributed by atoms with Crippen molar-refractivity contribution in [1.82, 2.24) is 24.5 Å². The molecule has 2 aromatic heterocycles. The zero-order valence-electron chi connectivity index (χ0n) is 18.1. The van der Waals surface area contributed by atoms with E-state index >= 15 is 0 Å². The summed E-state index contributed by atoms with van der Waals surface area (Å²) < 4.78 is 2.68. The lowest BCUT2D eigenvalue weighted by molar-refractivity contribution is -0.122. The van der Waals surface area contributed by atoms with Crippen LogP contribution in [0.5, 0.6) is 0 Å². The summed E-state index contributed by atoms with van der Waals surface area (Å²) in [5.41, 5.74) is 1.17. The van der Waals surface area contributed by atoms with Crippen LogP contribution in [-0.4, -0.2) is 44.4 Å². The highest BCUT2D eigenvalue weighted by atomic mass is 32.2. The third-order valence-electron chi connectivity index (χ3n) is 5.59. The normalized spacial score (nSPS) is 19.0. The Morgan fingerprint density at radius 3 is 2.58 bits per heavy atom. The first-order valence-corrected chi connectivity index (χ1v) is 11.8. The Labute approximate surface area is 185 Å². The number of carbonyl (C=O) groups excluding carboxylic acids is 1. The molecule has 9 heteroatoms. The van der Waals surface area contributed by atoms with Gasteiger partial charge in [0.2, 0.25) is 11.6 Å². The molecule has 2 atom stereocenters. The standard InChI is InChI=1S/C22H28N6O2S/c1-15-10-16(2)13-26(12-15)20-21-25-28(22(30)27(21)9-8-23-20)14-19(29)24-11-17-4-6-18(31-3)7-5-17/h4-9,15-16H,10-14H2,1-3H3,(H,24,29)/t15-,16+. The van der Waals surface area contributed by atoms with E-state index in [1.54, 1.807) is 24.2 Å². The fraction of sp³-hybridized carbons (Fsp3) is 0.455. The van der Waals surface area contributed by atoms with E-state index in [1.165, 1.54) is 20.4 Å². The maximum Gasteiger partial charge on any atom is 0.350 e. The van der Waals surface area contributed by atoms with Crippen molar-refractivity contribution >= 4 is 29.1 Å². The molecule has 0 spiro atoms. The molecule has 1 amide bonds. The third-order valence-corrected chi connectivity index (χ3v) is 6.34. The molecule has 4 rings (SSSR count). The van der Waals surface area contributed by atoms with Crippen molar-refractivity contribution in [1.29, 1.82) is 0 Å². The number of anilines is 1. The van der Waals surface area contributed by atoms with Gasteiger partial charge in [0, 0.05) is 36.9 Å². The number of carbonyl (C=O) groups is 1. The van der Waals surface area contributed by atoms with Gasteiger partial charge in [-0.15, -0.1) is 16.9 Å². The van der Waals surface area contributed by atoms with Crippen LogP contribution in [0.15, 0.2) is 46.3 Å². The topological polar surface area (TPSA) is 84.5 Å². The predicted molar refractivity (Wildman–Crippen MR) is 122 cm³/mol. The molecule has 0 unspecified atom stereocenters. The summed E-state index contributed by atoms with van der Waals surface area (Å²) in [6.07, 6.45) is 6.43. The van der Waals surface area contributed by atoms with E-state index in [0.29, 0.717) is 29.8 Å². The number of aromatic nitrogens is 4. The number of benzene rings is 1. The number of hydrogen-bond acceptors (Lipinski definition) is 6. The van der Waals surface area contributed by atoms with E-state index in [1.807, 2.05) is 30.5 Å². The fourth-order valence-corrected chi connectivity index (χ4v) is 4.64. The minimum atomic E-state index is -0.337. The van der Waals surface area contributed by atoms with Crippen LogP contribution in [0.4, 0.5) is 5.82 Å². The molecule has 1 N–H and O–H groups in total. The van der Waals surface area contributed by atoms with Gasteiger partial charge in [-0.05, 0) is 42.2 Å². The lowest BCUT2D eigenvalue weighted by Crippen LogP contribution is -2.39. The number of nitrogens with zero attached hydrogens (tertiary/aromatic N) is 5. The third kappa shape index (κ3) is 4.76. The van der Waals surface area contributed by atoms with Crippen molar-refractivity contribution in [3.63, 3.8) is 0 Å². The number of amides is 1. The van der Waals surface area contributed by atoms with Crippen molar-refractivity contribution in [2.45, 2.75) is 38.3 Å². The Kier molecular flexibility index (Phi) is 6.31. The second kappa shape index (κ2) is 9.13. The van der Waals surface area contributed by atoms with Crippen LogP contribution >= 0.6 is 11.8 Å². The Morgan fingerprint density at radius 2 is 1.90 bits per heavy atom. The summed E-state index contributed by atoms with van der Waals surface area (Å²) in [4.78, 5) is 33.2. The van der Waals surface area contributed by atoms with E-state index in [4.69, 9.17) is 0 Å². The molecule has 1 fully saturated rings. The minimum Gasteiger partial charge on any atom is -0.353 e. The fourth-order valence-electron chi connectivity index (χ4n) is 4.23. The Hall–Kier alpha value is -2.81. The molecule has 0 saturated carbocycles. The zero-order valence-corrected chi connectivity index (χ0v) is 18.9. The van der Waals surface area contributed by atoms with Crippen LogP contribution in [0.25, 0.3) is 5.65 Å². The first-order valence-electron chi connectivity index (χ1n) is 10.5. The lowest BCUT2D eigenvalue weighted by atomic mass is 9.92. The van der Waals surface area contributed by atoms with Gasteiger partial charge in [-0.3, -0.25) is 4.79 Å². The number of nitrogens with one attached hydrogen (secondary N) is 1. The first kappa shape index (κ1) is 21.4. The summed E-state index contributed by atoms with van der Waals surface area (Å²) in [7, 11) is 0. The quantitative estimate of drug-likeness (QED) is 0.593. The molecule has 31 heavy (non-hydrogen) atoms. The van der Waals surface area contributed by atoms with Crippen LogP contribution in [0.1, 0.15) is 25.8 Å². The molecule has 164 valence electrons. The molecule has 1 saturated heterocycles. The van der Waals surface area contributed by atoms with Crippen LogP contribution in [0.2, 0.25) is 0 Å². The van der Waals surface area contributed by atoms with E-state index in [2.05, 4.69) is 34.1 Å². The summed E-state index contributed by atoms with van der Waals surface area (Å²) in [6.45, 7) is 6.50. The maximum absolute atomic E-state index is 12.8. The summed E-state index contributed by atoms with van der Waals surface area (Å²) in [5.74, 6) is 1.55. The second-order valence-electron chi connectivity index (χ2n) is 8.36. The van der Waals surface area contributed by atoms with Gasteiger partial charge in [0.25, 0.3) is 0 Å². The Morgan fingerprint density at radius 1 is 1.19 bits per heavy atom. The summed E-state index contributed by atoms with van der Waals surface area (Å²) >= 11 is 1.67. The molecular weight excluding hydrogens is 412 g/mol. The average Bonchev–Trinajstić information content (AvgIpc) is 3.07. The molecule has 1 aromatic carbocycles. The SMILES string of the molecule is CSc1ccc(CNC(=O)Cn2nc3c(N4C[C@H](C)C[C@H](C)C4)nccn3c2=O)cc1. The van der Waals surface area contributed by atoms with Crippen LogP contribution in [0, 0.1) is 11.8 Å². The number of piperidine rings is 1. The van der Waals surface area contributed by atoms with E-state index in [-0.39, 0.29) is 18.1 Å². The predicted octanol–water partition coefficient (Wildman–Crippen LogP) is 2.41. The number of thioether (sulfide) groups is 1. The summed E-state index contributed by atoms with van der Waals surface area (Å²) in [5, 5.41) is 7.32. The number of hydrogen-bond donors (Lipinski definition) is 1. The first-order chi connectivity index (χ1) is 14.9. The van der Waals surface area contributed by atoms with Crippen molar-refractivity contribution in [2.75, 3.05) is 24.2 Å². The zero-order chi connectivity index (χ0) is 22.0. The van der Waals surface area contributed by atoms with Crippen molar-refractivity contribution in [3.05, 3.63) is 52.7 Å². The largest absolute Gasteiger partial charge is 0.353 e. The highest BCUT2D eigenvalue weighted by molar-refractivity contribution is 7.98. The molecular formula is C22H28N6O2S. The van der Waals surface area contributed by atoms with E-state index in [0.717, 1.165) is 18.7 Å². The van der Waals surface area contributed by atoms with Gasteiger partial charge in [-0.25, -0.2) is 18.9 Å². The molecule has 1 aliphatic heterocycles. The van der Waals surface area contributed by atoms with Gasteiger partial charge in [0.1, 0.15) is 6.54 Å². The smallest absolute Gasteiger partial charge is 0.350 e. The van der Waals surface area contributed by atoms with Gasteiger partial charge in [0.05, 0.1) is 0 Å². The molecule has 3 aromatic rings. The Bertz CT molecular complexity index is 1110. The molecule has 0 aliphatic carbocycles. The lowest BCUT2D eigenvalue weighted by Gasteiger charge is -2.35. The van der Waals surface area contributed by atoms with Gasteiger partial charge in [0.15, 0.2) is 5.82 Å². The van der Waals surface area contributed by atoms with Crippen LogP contribution < -0.4 is 15.9 Å². The van der Waals surface area contributed by atoms with Gasteiger partial charge in [-0.2, -0.15) is 0 Å². The molecule has 0 bridgehead atoms. The highest BCUT2D eigenvalue weighted by Crippen LogP contribution is 2.26. The van der Waals surface area contributed by atoms with Crippen LogP contribution in [0.3, 0.4) is 0 Å². The monoisotopic (exact) mass is 440 g/mol. The van der Waals surface area contributed by atoms with E-state index < -0.39 is 0 Å². The highest BCUT2D eigenvalue weighted by Gasteiger charge is 2.25. The van der Waals surface area contributed by atoms with E-state index in [9.17, 15) is 9.59 Å². The number of rotatable bonds is 6. The van der Waals surface area contributed by atoms with Crippen molar-refractivity contribution < 1.29 is 4.79 Å². The van der Waals surface area contributed by atoms with Crippen molar-refractivity contribution in [2.24, 2.45) is 11.8 Å². The van der Waals surface area contributed by atoms with Gasteiger partial charge < -0.3 is 10.2 Å². The summed E-state index contributed by atoms with van der Waals surface area (Å²) in [6, 6.07) is 8.02. The average molecular weight is 441 g/mol. The molecule has 1 aliphatic rings. The maximum atomic E-state index is 12.8. The molecule has 3 heterocycles. The number of fused-ring (bicyclic) bond motifs is 1. The minimum absolute atomic E-state index is 0.129. The van der Waals surface area contributed by atoms with Crippen molar-refractivity contribution in [3.8, 4) is 0 Å². The van der Waals surface area contributed by atoms with Gasteiger partial charge in [-0.1, -0.05) is 26.0 Å². The molecule has 0 radical (unpaired) electrons.